The smallest absolute Gasteiger partial charge is 0.263 e. The molecule has 172 valence electrons. The summed E-state index contributed by atoms with van der Waals surface area (Å²) in [5, 5.41) is 10.4. The Morgan fingerprint density at radius 3 is 2.79 bits per heavy atom. The van der Waals surface area contributed by atoms with Crippen LogP contribution in [-0.4, -0.2) is 27.8 Å². The number of nitriles is 1. The molecule has 1 aromatic carbocycles. The third kappa shape index (κ3) is 4.39. The third-order valence-electron chi connectivity index (χ3n) is 5.86. The van der Waals surface area contributed by atoms with E-state index in [1.165, 1.54) is 21.5 Å². The molecular formula is C25H22N4O3S2. The van der Waals surface area contributed by atoms with E-state index in [0.717, 1.165) is 36.1 Å². The predicted octanol–water partition coefficient (Wildman–Crippen LogP) is 4.63. The number of nitrogens with zero attached hydrogens (tertiary/aromatic N) is 4. The second-order valence-electron chi connectivity index (χ2n) is 8.02. The van der Waals surface area contributed by atoms with Gasteiger partial charge in [-0.1, -0.05) is 30.0 Å². The van der Waals surface area contributed by atoms with E-state index in [2.05, 4.69) is 6.07 Å². The molecule has 9 heteroatoms. The number of carbonyl (C=O) groups is 1. The number of carbonyl (C=O) groups excluding carboxylic acids is 1. The lowest BCUT2D eigenvalue weighted by molar-refractivity contribution is -0.116. The highest BCUT2D eigenvalue weighted by Gasteiger charge is 2.24. The molecule has 3 heterocycles. The number of fused-ring (bicyclic) bond motifs is 3. The topological polar surface area (TPSA) is 92.1 Å². The van der Waals surface area contributed by atoms with E-state index in [0.29, 0.717) is 22.0 Å². The summed E-state index contributed by atoms with van der Waals surface area (Å²) in [4.78, 5) is 35.0. The molecule has 0 N–H and O–H groups in total. The van der Waals surface area contributed by atoms with Crippen molar-refractivity contribution in [3.63, 3.8) is 0 Å². The first-order chi connectivity index (χ1) is 16.7. The normalized spacial score (nSPS) is 12.9. The number of thioether (sulfide) groups is 1. The van der Waals surface area contributed by atoms with Crippen molar-refractivity contribution in [2.45, 2.75) is 37.4 Å². The van der Waals surface area contributed by atoms with Crippen LogP contribution in [0.5, 0.6) is 0 Å². The van der Waals surface area contributed by atoms with Crippen molar-refractivity contribution in [2.75, 3.05) is 17.2 Å². The minimum absolute atomic E-state index is 0.0489. The maximum Gasteiger partial charge on any atom is 0.263 e. The highest BCUT2D eigenvalue weighted by atomic mass is 32.2. The number of rotatable bonds is 7. The van der Waals surface area contributed by atoms with E-state index in [9.17, 15) is 14.9 Å². The Morgan fingerprint density at radius 2 is 2.03 bits per heavy atom. The summed E-state index contributed by atoms with van der Waals surface area (Å²) in [5.74, 6) is 0.482. The highest BCUT2D eigenvalue weighted by molar-refractivity contribution is 7.99. The first-order valence-corrected chi connectivity index (χ1v) is 12.9. The second kappa shape index (κ2) is 9.87. The fourth-order valence-corrected chi connectivity index (χ4v) is 6.41. The Balaban J connectivity index is 1.50. The zero-order valence-electron chi connectivity index (χ0n) is 18.4. The molecule has 4 aromatic rings. The van der Waals surface area contributed by atoms with E-state index >= 15 is 0 Å². The predicted molar refractivity (Wildman–Crippen MR) is 133 cm³/mol. The van der Waals surface area contributed by atoms with Crippen molar-refractivity contribution in [1.29, 1.82) is 5.26 Å². The molecule has 5 rings (SSSR count). The van der Waals surface area contributed by atoms with Crippen LogP contribution in [0.3, 0.4) is 0 Å². The molecular weight excluding hydrogens is 468 g/mol. The minimum Gasteiger partial charge on any atom is -0.467 e. The standard InChI is InChI=1S/C25H22N4O3S2/c26-12-13-28(17-7-2-1-3-8-17)21(30)16-33-25-27-23-22(19-10-4-5-11-20(19)34-23)24(31)29(25)15-18-9-6-14-32-18/h1-3,6-9,14H,4-5,10-11,13,15-16H2. The number of benzene rings is 1. The average Bonchev–Trinajstić information content (AvgIpc) is 3.51. The number of aromatic nitrogens is 2. The Morgan fingerprint density at radius 1 is 1.21 bits per heavy atom. The van der Waals surface area contributed by atoms with E-state index < -0.39 is 0 Å². The van der Waals surface area contributed by atoms with Gasteiger partial charge < -0.3 is 4.42 Å². The molecule has 0 fully saturated rings. The quantitative estimate of drug-likeness (QED) is 0.213. The Hall–Kier alpha value is -3.35. The van der Waals surface area contributed by atoms with Crippen molar-refractivity contribution in [2.24, 2.45) is 0 Å². The number of hydrogen-bond donors (Lipinski definition) is 0. The van der Waals surface area contributed by atoms with Gasteiger partial charge >= 0.3 is 0 Å². The number of para-hydroxylation sites is 1. The zero-order chi connectivity index (χ0) is 23.5. The van der Waals surface area contributed by atoms with E-state index in [-0.39, 0.29) is 30.3 Å². The van der Waals surface area contributed by atoms with Crippen LogP contribution in [0.2, 0.25) is 0 Å². The first kappa shape index (κ1) is 22.4. The van der Waals surface area contributed by atoms with Crippen molar-refractivity contribution in [1.82, 2.24) is 9.55 Å². The number of anilines is 1. The monoisotopic (exact) mass is 490 g/mol. The summed E-state index contributed by atoms with van der Waals surface area (Å²) in [6.45, 7) is 0.198. The van der Waals surface area contributed by atoms with E-state index in [1.54, 1.807) is 40.4 Å². The van der Waals surface area contributed by atoms with Crippen molar-refractivity contribution >= 4 is 44.9 Å². The Kier molecular flexibility index (Phi) is 6.52. The maximum atomic E-state index is 13.6. The van der Waals surface area contributed by atoms with Gasteiger partial charge in [-0.2, -0.15) is 5.26 Å². The van der Waals surface area contributed by atoms with Gasteiger partial charge in [0.2, 0.25) is 5.91 Å². The van der Waals surface area contributed by atoms with Gasteiger partial charge in [0.25, 0.3) is 5.56 Å². The van der Waals surface area contributed by atoms with Crippen molar-refractivity contribution < 1.29 is 9.21 Å². The molecule has 0 bridgehead atoms. The fraction of sp³-hybridized carbons (Fsp3) is 0.280. The van der Waals surface area contributed by atoms with Gasteiger partial charge in [0.15, 0.2) is 5.16 Å². The fourth-order valence-electron chi connectivity index (χ4n) is 4.23. The largest absolute Gasteiger partial charge is 0.467 e. The van der Waals surface area contributed by atoms with E-state index in [1.807, 2.05) is 24.3 Å². The number of aryl methyl sites for hydroxylation is 2. The Bertz CT molecular complexity index is 1420. The molecule has 7 nitrogen and oxygen atoms in total. The van der Waals surface area contributed by atoms with Crippen LogP contribution in [0.4, 0.5) is 5.69 Å². The molecule has 0 saturated carbocycles. The van der Waals surface area contributed by atoms with Gasteiger partial charge in [-0.15, -0.1) is 11.3 Å². The van der Waals surface area contributed by atoms with Crippen LogP contribution in [0.25, 0.3) is 10.2 Å². The molecule has 34 heavy (non-hydrogen) atoms. The Labute approximate surface area is 204 Å². The molecule has 1 aliphatic carbocycles. The molecule has 0 unspecified atom stereocenters. The number of hydrogen-bond acceptors (Lipinski definition) is 7. The summed E-state index contributed by atoms with van der Waals surface area (Å²) in [5.41, 5.74) is 1.71. The first-order valence-electron chi connectivity index (χ1n) is 11.1. The molecule has 0 radical (unpaired) electrons. The third-order valence-corrected chi connectivity index (χ3v) is 8.00. The van der Waals surface area contributed by atoms with Crippen LogP contribution < -0.4 is 10.5 Å². The summed E-state index contributed by atoms with van der Waals surface area (Å²) in [6, 6.07) is 14.8. The highest BCUT2D eigenvalue weighted by Crippen LogP contribution is 2.35. The van der Waals surface area contributed by atoms with E-state index in [4.69, 9.17) is 9.40 Å². The van der Waals surface area contributed by atoms with Gasteiger partial charge in [-0.3, -0.25) is 19.1 Å². The van der Waals surface area contributed by atoms with Gasteiger partial charge in [0, 0.05) is 10.6 Å². The molecule has 1 aliphatic rings. The molecule has 0 spiro atoms. The van der Waals surface area contributed by atoms with Gasteiger partial charge in [-0.05, 0) is 55.5 Å². The number of amides is 1. The van der Waals surface area contributed by atoms with Crippen LogP contribution >= 0.6 is 23.1 Å². The summed E-state index contributed by atoms with van der Waals surface area (Å²) in [7, 11) is 0. The molecule has 0 atom stereocenters. The summed E-state index contributed by atoms with van der Waals surface area (Å²) in [6.07, 6.45) is 5.67. The molecule has 0 aliphatic heterocycles. The SMILES string of the molecule is N#CCN(C(=O)CSc1nc2sc3c(c2c(=O)n1Cc1ccco1)CCCC3)c1ccccc1. The van der Waals surface area contributed by atoms with Gasteiger partial charge in [-0.25, -0.2) is 4.98 Å². The van der Waals surface area contributed by atoms with Crippen molar-refractivity contribution in [3.05, 3.63) is 75.3 Å². The molecule has 3 aromatic heterocycles. The molecule has 0 saturated heterocycles. The molecule has 1 amide bonds. The number of furan rings is 1. The maximum absolute atomic E-state index is 13.6. The van der Waals surface area contributed by atoms with Crippen LogP contribution in [0, 0.1) is 11.3 Å². The van der Waals surface area contributed by atoms with Gasteiger partial charge in [0.1, 0.15) is 17.1 Å². The number of thiophene rings is 1. The second-order valence-corrected chi connectivity index (χ2v) is 10.0. The lowest BCUT2D eigenvalue weighted by Crippen LogP contribution is -2.33. The lowest BCUT2D eigenvalue weighted by atomic mass is 9.97. The minimum atomic E-state index is -0.220. The van der Waals surface area contributed by atoms with Crippen LogP contribution in [0.1, 0.15) is 29.0 Å². The summed E-state index contributed by atoms with van der Waals surface area (Å²) < 4.78 is 7.11. The lowest BCUT2D eigenvalue weighted by Gasteiger charge is -2.19. The zero-order valence-corrected chi connectivity index (χ0v) is 20.0. The van der Waals surface area contributed by atoms with Crippen LogP contribution in [0.15, 0.2) is 63.1 Å². The summed E-state index contributed by atoms with van der Waals surface area (Å²) >= 11 is 2.81. The van der Waals surface area contributed by atoms with Crippen LogP contribution in [-0.2, 0) is 24.2 Å². The average molecular weight is 491 g/mol. The van der Waals surface area contributed by atoms with Crippen molar-refractivity contribution in [3.8, 4) is 6.07 Å². The van der Waals surface area contributed by atoms with Gasteiger partial charge in [0.05, 0.1) is 30.0 Å².